The Labute approximate surface area is 360 Å². The zero-order valence-electron chi connectivity index (χ0n) is 33.9. The molecule has 0 saturated carbocycles. The summed E-state index contributed by atoms with van der Waals surface area (Å²) in [6, 6.07) is 85.1. The minimum absolute atomic E-state index is 0.947. The van der Waals surface area contributed by atoms with Crippen molar-refractivity contribution in [1.82, 2.24) is 14.1 Å². The second-order valence-corrected chi connectivity index (χ2v) is 15.9. The van der Waals surface area contributed by atoms with Crippen LogP contribution in [0.3, 0.4) is 0 Å². The molecule has 0 aliphatic rings. The molecule has 3 aromatic heterocycles. The zero-order chi connectivity index (χ0) is 41.0. The van der Waals surface area contributed by atoms with E-state index >= 15 is 0 Å². The van der Waals surface area contributed by atoms with Crippen LogP contribution in [-0.2, 0) is 0 Å². The van der Waals surface area contributed by atoms with E-state index < -0.39 is 0 Å². The highest BCUT2D eigenvalue weighted by atomic mass is 15.0. The molecule has 0 spiro atoms. The summed E-state index contributed by atoms with van der Waals surface area (Å²) in [6.45, 7) is 0. The Balaban J connectivity index is 0.978. The number of rotatable bonds is 7. The van der Waals surface area contributed by atoms with Crippen LogP contribution < -0.4 is 0 Å². The van der Waals surface area contributed by atoms with Crippen molar-refractivity contribution in [3.8, 4) is 67.3 Å². The third kappa shape index (κ3) is 5.94. The molecule has 0 amide bonds. The van der Waals surface area contributed by atoms with Gasteiger partial charge in [-0.15, -0.1) is 0 Å². The first-order valence-corrected chi connectivity index (χ1v) is 21.2. The fraction of sp³-hybridized carbons (Fsp3) is 0. The summed E-state index contributed by atoms with van der Waals surface area (Å²) in [6.07, 6.45) is 0. The third-order valence-corrected chi connectivity index (χ3v) is 12.3. The van der Waals surface area contributed by atoms with E-state index in [0.717, 1.165) is 50.6 Å². The van der Waals surface area contributed by atoms with Gasteiger partial charge in [-0.05, 0) is 88.5 Å². The summed E-state index contributed by atoms with van der Waals surface area (Å²) in [4.78, 5) is 5.31. The largest absolute Gasteiger partial charge is 0.309 e. The maximum Gasteiger partial charge on any atom is 0.0721 e. The van der Waals surface area contributed by atoms with Crippen LogP contribution >= 0.6 is 0 Å². The van der Waals surface area contributed by atoms with Crippen molar-refractivity contribution in [2.45, 2.75) is 0 Å². The lowest BCUT2D eigenvalue weighted by Crippen LogP contribution is -1.96. The summed E-state index contributed by atoms with van der Waals surface area (Å²) >= 11 is 0. The number of nitrogens with zero attached hydrogens (tertiary/aromatic N) is 3. The maximum atomic E-state index is 5.31. The summed E-state index contributed by atoms with van der Waals surface area (Å²) in [7, 11) is 0. The van der Waals surface area contributed by atoms with Gasteiger partial charge in [-0.2, -0.15) is 0 Å². The van der Waals surface area contributed by atoms with Gasteiger partial charge in [-0.1, -0.05) is 176 Å². The Hall–Kier alpha value is -8.27. The SMILES string of the molecule is c1ccc(-c2cc(-c3ccccc3)nc(-c3ccccc3-c3ccc4c(c3)c3ccccc3n4-c3ccc(-c4cccc5c6ccccc6n(-c6ccccc6)c45)cc3)c2)cc1. The van der Waals surface area contributed by atoms with E-state index in [-0.39, 0.29) is 0 Å². The van der Waals surface area contributed by atoms with Crippen molar-refractivity contribution in [2.24, 2.45) is 0 Å². The first-order chi connectivity index (χ1) is 30.8. The van der Waals surface area contributed by atoms with Crippen molar-refractivity contribution in [2.75, 3.05) is 0 Å². The van der Waals surface area contributed by atoms with Crippen LogP contribution in [0.25, 0.3) is 111 Å². The van der Waals surface area contributed by atoms with Gasteiger partial charge in [-0.25, -0.2) is 4.98 Å². The van der Waals surface area contributed by atoms with E-state index in [1.54, 1.807) is 0 Å². The van der Waals surface area contributed by atoms with E-state index in [4.69, 9.17) is 4.98 Å². The second kappa shape index (κ2) is 14.8. The van der Waals surface area contributed by atoms with Crippen LogP contribution in [0, 0.1) is 0 Å². The number of aromatic nitrogens is 3. The smallest absolute Gasteiger partial charge is 0.0721 e. The van der Waals surface area contributed by atoms with Gasteiger partial charge in [0.25, 0.3) is 0 Å². The molecule has 12 aromatic rings. The number of pyridine rings is 1. The van der Waals surface area contributed by atoms with Crippen LogP contribution in [0.1, 0.15) is 0 Å². The molecule has 290 valence electrons. The van der Waals surface area contributed by atoms with Gasteiger partial charge in [0.05, 0.1) is 33.5 Å². The highest BCUT2D eigenvalue weighted by molar-refractivity contribution is 6.14. The topological polar surface area (TPSA) is 22.8 Å². The molecule has 9 aromatic carbocycles. The minimum atomic E-state index is 0.947. The molecule has 0 saturated heterocycles. The summed E-state index contributed by atoms with van der Waals surface area (Å²) in [5, 5.41) is 4.94. The summed E-state index contributed by atoms with van der Waals surface area (Å²) in [5.41, 5.74) is 18.1. The molecule has 0 aliphatic heterocycles. The van der Waals surface area contributed by atoms with Crippen LogP contribution in [-0.4, -0.2) is 14.1 Å². The zero-order valence-corrected chi connectivity index (χ0v) is 33.9. The van der Waals surface area contributed by atoms with E-state index in [9.17, 15) is 0 Å². The van der Waals surface area contributed by atoms with E-state index in [1.165, 1.54) is 60.3 Å². The molecule has 12 rings (SSSR count). The van der Waals surface area contributed by atoms with Crippen LogP contribution in [0.5, 0.6) is 0 Å². The van der Waals surface area contributed by atoms with Gasteiger partial charge in [0.2, 0.25) is 0 Å². The average molecular weight is 790 g/mol. The van der Waals surface area contributed by atoms with Crippen LogP contribution in [0.4, 0.5) is 0 Å². The van der Waals surface area contributed by atoms with Gasteiger partial charge >= 0.3 is 0 Å². The molecule has 62 heavy (non-hydrogen) atoms. The predicted molar refractivity (Wildman–Crippen MR) is 260 cm³/mol. The lowest BCUT2D eigenvalue weighted by molar-refractivity contribution is 1.17. The molecule has 3 nitrogen and oxygen atoms in total. The van der Waals surface area contributed by atoms with Gasteiger partial charge in [0.15, 0.2) is 0 Å². The molecule has 3 heteroatoms. The van der Waals surface area contributed by atoms with Crippen molar-refractivity contribution < 1.29 is 0 Å². The van der Waals surface area contributed by atoms with Crippen molar-refractivity contribution in [3.05, 3.63) is 237 Å². The fourth-order valence-electron chi connectivity index (χ4n) is 9.49. The minimum Gasteiger partial charge on any atom is -0.309 e. The van der Waals surface area contributed by atoms with Crippen molar-refractivity contribution in [3.63, 3.8) is 0 Å². The number of para-hydroxylation sites is 4. The molecule has 0 radical (unpaired) electrons. The number of hydrogen-bond donors (Lipinski definition) is 0. The maximum absolute atomic E-state index is 5.31. The Kier molecular flexibility index (Phi) is 8.50. The first kappa shape index (κ1) is 35.7. The molecular weight excluding hydrogens is 751 g/mol. The van der Waals surface area contributed by atoms with Crippen LogP contribution in [0.2, 0.25) is 0 Å². The Morgan fingerprint density at radius 3 is 1.52 bits per heavy atom. The van der Waals surface area contributed by atoms with Crippen molar-refractivity contribution >= 4 is 43.6 Å². The Morgan fingerprint density at radius 2 is 0.774 bits per heavy atom. The number of benzene rings is 9. The van der Waals surface area contributed by atoms with E-state index in [1.807, 2.05) is 0 Å². The van der Waals surface area contributed by atoms with Gasteiger partial charge in [0.1, 0.15) is 0 Å². The van der Waals surface area contributed by atoms with E-state index in [2.05, 4.69) is 246 Å². The lowest BCUT2D eigenvalue weighted by Gasteiger charge is -2.14. The van der Waals surface area contributed by atoms with Gasteiger partial charge in [-0.3, -0.25) is 0 Å². The van der Waals surface area contributed by atoms with Crippen molar-refractivity contribution in [1.29, 1.82) is 0 Å². The Morgan fingerprint density at radius 1 is 0.258 bits per heavy atom. The monoisotopic (exact) mass is 789 g/mol. The number of hydrogen-bond acceptors (Lipinski definition) is 1. The molecular formula is C59H39N3. The number of fused-ring (bicyclic) bond motifs is 6. The normalized spacial score (nSPS) is 11.5. The average Bonchev–Trinajstić information content (AvgIpc) is 3.87. The highest BCUT2D eigenvalue weighted by Crippen LogP contribution is 2.41. The highest BCUT2D eigenvalue weighted by Gasteiger charge is 2.19. The predicted octanol–water partition coefficient (Wildman–Crippen LogP) is 15.6. The second-order valence-electron chi connectivity index (χ2n) is 15.9. The third-order valence-electron chi connectivity index (χ3n) is 12.3. The molecule has 0 bridgehead atoms. The summed E-state index contributed by atoms with van der Waals surface area (Å²) < 4.78 is 4.82. The van der Waals surface area contributed by atoms with Gasteiger partial charge in [0, 0.05) is 49.6 Å². The van der Waals surface area contributed by atoms with Gasteiger partial charge < -0.3 is 9.13 Å². The standard InChI is InChI=1S/C59H39N3/c1-4-17-40(18-5-1)44-38-54(42-19-6-2-7-20-42)60-55(39-44)49-24-11-10-23-47(49)43-33-36-58-53(37-43)51-26-13-14-29-56(51)61(58)46-34-31-41(32-35-46)48-27-16-28-52-50-25-12-15-30-57(50)62(59(48)52)45-21-8-3-9-22-45/h1-39H. The fourth-order valence-corrected chi connectivity index (χ4v) is 9.49. The van der Waals surface area contributed by atoms with E-state index in [0.29, 0.717) is 0 Å². The molecule has 0 aliphatic carbocycles. The first-order valence-electron chi connectivity index (χ1n) is 21.2. The van der Waals surface area contributed by atoms with Crippen LogP contribution in [0.15, 0.2) is 237 Å². The molecule has 0 atom stereocenters. The molecule has 3 heterocycles. The summed E-state index contributed by atoms with van der Waals surface area (Å²) in [5.74, 6) is 0. The molecule has 0 fully saturated rings. The molecule has 0 N–H and O–H groups in total. The molecule has 0 unspecified atom stereocenters. The Bertz CT molecular complexity index is 3540. The lowest BCUT2D eigenvalue weighted by atomic mass is 9.94. The quantitative estimate of drug-likeness (QED) is 0.158.